The normalized spacial score (nSPS) is 11.8. The van der Waals surface area contributed by atoms with Crippen LogP contribution >= 0.6 is 35.3 Å². The summed E-state index contributed by atoms with van der Waals surface area (Å²) in [6.07, 6.45) is 0.110. The second-order valence-corrected chi connectivity index (χ2v) is 5.71. The molecule has 7 heteroatoms. The van der Waals surface area contributed by atoms with Gasteiger partial charge in [0.05, 0.1) is 23.4 Å². The Labute approximate surface area is 129 Å². The van der Waals surface area contributed by atoms with E-state index in [1.165, 1.54) is 11.3 Å². The molecular formula is C12H20Cl2N2O2S. The summed E-state index contributed by atoms with van der Waals surface area (Å²) in [7, 11) is 1.57. The lowest BCUT2D eigenvalue weighted by atomic mass is 10.2. The predicted molar refractivity (Wildman–Crippen MR) is 82.1 cm³/mol. The molecule has 1 atom stereocenters. The van der Waals surface area contributed by atoms with E-state index in [2.05, 4.69) is 0 Å². The van der Waals surface area contributed by atoms with E-state index in [1.54, 1.807) is 12.0 Å². The van der Waals surface area contributed by atoms with Crippen LogP contribution in [0, 0.1) is 0 Å². The molecule has 0 aromatic carbocycles. The van der Waals surface area contributed by atoms with E-state index < -0.39 is 0 Å². The summed E-state index contributed by atoms with van der Waals surface area (Å²) >= 11 is 7.37. The maximum absolute atomic E-state index is 12.1. The minimum atomic E-state index is -0.210. The molecule has 4 nitrogen and oxygen atoms in total. The minimum absolute atomic E-state index is 0. The van der Waals surface area contributed by atoms with Crippen molar-refractivity contribution in [2.24, 2.45) is 5.73 Å². The van der Waals surface area contributed by atoms with E-state index >= 15 is 0 Å². The lowest BCUT2D eigenvalue weighted by Crippen LogP contribution is -2.35. The van der Waals surface area contributed by atoms with Crippen LogP contribution in [0.25, 0.3) is 0 Å². The standard InChI is InChI=1S/C12H19ClN2O2S.ClH/c1-3-15(8-10-4-5-11(13)18-10)12(16)6-9(7-14)17-2;/h4-5,9H,3,6-8,14H2,1-2H3;1H. The Morgan fingerprint density at radius 3 is 2.68 bits per heavy atom. The van der Waals surface area contributed by atoms with Crippen molar-refractivity contribution < 1.29 is 9.53 Å². The van der Waals surface area contributed by atoms with Crippen LogP contribution < -0.4 is 5.73 Å². The second-order valence-electron chi connectivity index (χ2n) is 3.91. The fourth-order valence-corrected chi connectivity index (χ4v) is 2.69. The summed E-state index contributed by atoms with van der Waals surface area (Å²) in [6, 6.07) is 3.79. The summed E-state index contributed by atoms with van der Waals surface area (Å²) < 4.78 is 5.87. The van der Waals surface area contributed by atoms with Crippen molar-refractivity contribution in [2.75, 3.05) is 20.2 Å². The zero-order valence-corrected chi connectivity index (χ0v) is 13.5. The molecule has 0 saturated heterocycles. The Bertz CT molecular complexity index is 384. The molecule has 1 aromatic rings. The molecule has 0 bridgehead atoms. The molecule has 2 N–H and O–H groups in total. The summed E-state index contributed by atoms with van der Waals surface area (Å²) in [4.78, 5) is 14.9. The van der Waals surface area contributed by atoms with Crippen LogP contribution in [0.1, 0.15) is 18.2 Å². The summed E-state index contributed by atoms with van der Waals surface area (Å²) in [5, 5.41) is 0. The average molecular weight is 327 g/mol. The van der Waals surface area contributed by atoms with Gasteiger partial charge in [0.2, 0.25) is 5.91 Å². The molecule has 0 aliphatic carbocycles. The van der Waals surface area contributed by atoms with Gasteiger partial charge in [-0.1, -0.05) is 11.6 Å². The van der Waals surface area contributed by atoms with Crippen LogP contribution in [0.15, 0.2) is 12.1 Å². The number of thiophene rings is 1. The van der Waals surface area contributed by atoms with E-state index in [1.807, 2.05) is 19.1 Å². The zero-order valence-electron chi connectivity index (χ0n) is 11.1. The second kappa shape index (κ2) is 9.55. The summed E-state index contributed by atoms with van der Waals surface area (Å²) in [6.45, 7) is 3.56. The third-order valence-corrected chi connectivity index (χ3v) is 3.92. The van der Waals surface area contributed by atoms with Gasteiger partial charge in [-0.25, -0.2) is 0 Å². The smallest absolute Gasteiger partial charge is 0.225 e. The largest absolute Gasteiger partial charge is 0.380 e. The first kappa shape index (κ1) is 18.7. The van der Waals surface area contributed by atoms with Gasteiger partial charge in [-0.15, -0.1) is 23.7 Å². The van der Waals surface area contributed by atoms with E-state index in [9.17, 15) is 4.79 Å². The maximum Gasteiger partial charge on any atom is 0.225 e. The van der Waals surface area contributed by atoms with Crippen LogP contribution in [-0.2, 0) is 16.1 Å². The molecule has 0 radical (unpaired) electrons. The SMILES string of the molecule is CCN(Cc1ccc(Cl)s1)C(=O)CC(CN)OC.Cl. The first-order valence-corrected chi connectivity index (χ1v) is 7.05. The third-order valence-electron chi connectivity index (χ3n) is 2.71. The number of nitrogens with zero attached hydrogens (tertiary/aromatic N) is 1. The highest BCUT2D eigenvalue weighted by Crippen LogP contribution is 2.23. The minimum Gasteiger partial charge on any atom is -0.380 e. The number of rotatable bonds is 7. The molecule has 1 aromatic heterocycles. The summed E-state index contributed by atoms with van der Waals surface area (Å²) in [5.74, 6) is 0.0549. The Hall–Kier alpha value is -0.330. The van der Waals surface area contributed by atoms with Gasteiger partial charge >= 0.3 is 0 Å². The number of hydrogen-bond acceptors (Lipinski definition) is 4. The topological polar surface area (TPSA) is 55.6 Å². The van der Waals surface area contributed by atoms with Crippen LogP contribution in [0.2, 0.25) is 4.34 Å². The quantitative estimate of drug-likeness (QED) is 0.837. The van der Waals surface area contributed by atoms with Crippen molar-refractivity contribution in [3.8, 4) is 0 Å². The van der Waals surface area contributed by atoms with Crippen LogP contribution in [0.3, 0.4) is 0 Å². The Balaban J connectivity index is 0.00000324. The molecule has 1 amide bonds. The molecule has 1 unspecified atom stereocenters. The number of carbonyl (C=O) groups excluding carboxylic acids is 1. The van der Waals surface area contributed by atoms with E-state index in [0.29, 0.717) is 26.1 Å². The van der Waals surface area contributed by atoms with Crippen LogP contribution in [0.5, 0.6) is 0 Å². The van der Waals surface area contributed by atoms with Gasteiger partial charge in [0.1, 0.15) is 0 Å². The molecule has 1 heterocycles. The van der Waals surface area contributed by atoms with E-state index in [0.717, 1.165) is 9.21 Å². The van der Waals surface area contributed by atoms with Gasteiger partial charge in [-0.05, 0) is 19.1 Å². The Morgan fingerprint density at radius 1 is 1.58 bits per heavy atom. The average Bonchev–Trinajstić information content (AvgIpc) is 2.78. The molecule has 0 fully saturated rings. The van der Waals surface area contributed by atoms with E-state index in [4.69, 9.17) is 22.1 Å². The summed E-state index contributed by atoms with van der Waals surface area (Å²) in [5.41, 5.74) is 5.52. The molecular weight excluding hydrogens is 307 g/mol. The molecule has 0 spiro atoms. The van der Waals surface area contributed by atoms with Gasteiger partial charge in [0, 0.05) is 25.1 Å². The molecule has 0 saturated carbocycles. The van der Waals surface area contributed by atoms with Gasteiger partial charge in [0.25, 0.3) is 0 Å². The van der Waals surface area contributed by atoms with Gasteiger partial charge in [-0.3, -0.25) is 4.79 Å². The Kier molecular flexibility index (Phi) is 9.39. The highest BCUT2D eigenvalue weighted by molar-refractivity contribution is 7.16. The number of methoxy groups -OCH3 is 1. The van der Waals surface area contributed by atoms with Gasteiger partial charge < -0.3 is 15.4 Å². The lowest BCUT2D eigenvalue weighted by Gasteiger charge is -2.22. The number of halogens is 2. The number of nitrogens with two attached hydrogens (primary N) is 1. The van der Waals surface area contributed by atoms with Crippen molar-refractivity contribution in [1.82, 2.24) is 4.90 Å². The first-order chi connectivity index (χ1) is 8.60. The monoisotopic (exact) mass is 326 g/mol. The molecule has 1 rings (SSSR count). The molecule has 0 aliphatic rings. The van der Waals surface area contributed by atoms with Gasteiger partial charge in [-0.2, -0.15) is 0 Å². The predicted octanol–water partition coefficient (Wildman–Crippen LogP) is 2.54. The van der Waals surface area contributed by atoms with Crippen LogP contribution in [0.4, 0.5) is 0 Å². The van der Waals surface area contributed by atoms with Crippen molar-refractivity contribution in [3.05, 3.63) is 21.3 Å². The highest BCUT2D eigenvalue weighted by Gasteiger charge is 2.17. The molecule has 19 heavy (non-hydrogen) atoms. The van der Waals surface area contributed by atoms with Gasteiger partial charge in [0.15, 0.2) is 0 Å². The van der Waals surface area contributed by atoms with Crippen molar-refractivity contribution in [3.63, 3.8) is 0 Å². The molecule has 0 aliphatic heterocycles. The number of carbonyl (C=O) groups is 1. The Morgan fingerprint density at radius 2 is 2.26 bits per heavy atom. The fraction of sp³-hybridized carbons (Fsp3) is 0.583. The van der Waals surface area contributed by atoms with Crippen molar-refractivity contribution in [1.29, 1.82) is 0 Å². The maximum atomic E-state index is 12.1. The number of ether oxygens (including phenoxy) is 1. The third kappa shape index (κ3) is 6.10. The zero-order chi connectivity index (χ0) is 13.5. The number of amides is 1. The van der Waals surface area contributed by atoms with E-state index in [-0.39, 0.29) is 24.4 Å². The first-order valence-electron chi connectivity index (χ1n) is 5.85. The van der Waals surface area contributed by atoms with Crippen LogP contribution in [-0.4, -0.2) is 37.1 Å². The van der Waals surface area contributed by atoms with Crippen molar-refractivity contribution in [2.45, 2.75) is 26.0 Å². The lowest BCUT2D eigenvalue weighted by molar-refractivity contribution is -0.134. The highest BCUT2D eigenvalue weighted by atomic mass is 35.5. The fourth-order valence-electron chi connectivity index (χ4n) is 1.59. The number of hydrogen-bond donors (Lipinski definition) is 1. The van der Waals surface area contributed by atoms with Crippen molar-refractivity contribution >= 4 is 41.3 Å². The molecule has 110 valence electrons.